The molecule has 1 fully saturated rings. The van der Waals surface area contributed by atoms with E-state index in [0.717, 1.165) is 37.7 Å². The lowest BCUT2D eigenvalue weighted by atomic mass is 10.0. The molecule has 2 aliphatic rings. The number of nitrogens with one attached hydrogen (secondary N) is 1. The Balaban J connectivity index is 1.77. The van der Waals surface area contributed by atoms with Gasteiger partial charge >= 0.3 is 0 Å². The summed E-state index contributed by atoms with van der Waals surface area (Å²) < 4.78 is 16.7. The summed E-state index contributed by atoms with van der Waals surface area (Å²) in [5, 5.41) is 5.56. The van der Waals surface area contributed by atoms with Crippen LogP contribution < -0.4 is 19.5 Å². The third kappa shape index (κ3) is 2.78. The van der Waals surface area contributed by atoms with E-state index in [2.05, 4.69) is 39.9 Å². The van der Waals surface area contributed by atoms with Crippen molar-refractivity contribution in [1.29, 1.82) is 0 Å². The number of methoxy groups -OCH3 is 1. The monoisotopic (exact) mass is 332 g/mol. The van der Waals surface area contributed by atoms with E-state index in [0.29, 0.717) is 5.75 Å². The standard InChI is InChI=1S/C17H20N2O3S/c1-20-13-9-12(10-14-17(13)22-11-21-14)16(15-3-2-8-23-15)19-6-4-18-5-7-19/h2-3,8-10,16,18H,4-7,11H2,1H3/t16-/m0/s1. The van der Waals surface area contributed by atoms with E-state index in [1.165, 1.54) is 10.4 Å². The first kappa shape index (κ1) is 14.8. The minimum Gasteiger partial charge on any atom is -0.493 e. The molecule has 0 radical (unpaired) electrons. The molecular weight excluding hydrogens is 312 g/mol. The van der Waals surface area contributed by atoms with Gasteiger partial charge in [0.15, 0.2) is 11.5 Å². The van der Waals surface area contributed by atoms with E-state index in [4.69, 9.17) is 14.2 Å². The van der Waals surface area contributed by atoms with Crippen LogP contribution in [0.4, 0.5) is 0 Å². The zero-order valence-electron chi connectivity index (χ0n) is 13.1. The van der Waals surface area contributed by atoms with Gasteiger partial charge in [-0.1, -0.05) is 6.07 Å². The Kier molecular flexibility index (Phi) is 4.11. The van der Waals surface area contributed by atoms with Gasteiger partial charge in [0.25, 0.3) is 0 Å². The van der Waals surface area contributed by atoms with Crippen molar-refractivity contribution in [3.63, 3.8) is 0 Å². The maximum atomic E-state index is 5.61. The van der Waals surface area contributed by atoms with Gasteiger partial charge in [-0.25, -0.2) is 0 Å². The molecule has 6 heteroatoms. The van der Waals surface area contributed by atoms with Crippen LogP contribution in [0.25, 0.3) is 0 Å². The van der Waals surface area contributed by atoms with Crippen molar-refractivity contribution in [2.75, 3.05) is 40.1 Å². The maximum Gasteiger partial charge on any atom is 0.231 e. The van der Waals surface area contributed by atoms with Crippen LogP contribution in [0.2, 0.25) is 0 Å². The zero-order valence-corrected chi connectivity index (χ0v) is 13.9. The second-order valence-electron chi connectivity index (χ2n) is 5.66. The molecule has 4 rings (SSSR count). The number of hydrogen-bond acceptors (Lipinski definition) is 6. The van der Waals surface area contributed by atoms with E-state index in [-0.39, 0.29) is 12.8 Å². The number of hydrogen-bond donors (Lipinski definition) is 1. The Labute approximate surface area is 139 Å². The van der Waals surface area contributed by atoms with Gasteiger partial charge in [-0.05, 0) is 29.1 Å². The van der Waals surface area contributed by atoms with Gasteiger partial charge in [-0.2, -0.15) is 0 Å². The highest BCUT2D eigenvalue weighted by atomic mass is 32.1. The van der Waals surface area contributed by atoms with Gasteiger partial charge in [0.05, 0.1) is 13.2 Å². The predicted octanol–water partition coefficient (Wildman–Crippen LogP) is 2.48. The Bertz CT molecular complexity index is 669. The van der Waals surface area contributed by atoms with Crippen LogP contribution in [-0.2, 0) is 0 Å². The molecule has 0 amide bonds. The zero-order chi connectivity index (χ0) is 15.6. The molecule has 23 heavy (non-hydrogen) atoms. The van der Waals surface area contributed by atoms with Crippen LogP contribution in [0.5, 0.6) is 17.2 Å². The fourth-order valence-electron chi connectivity index (χ4n) is 3.25. The number of piperazine rings is 1. The van der Waals surface area contributed by atoms with Crippen LogP contribution in [-0.4, -0.2) is 45.0 Å². The summed E-state index contributed by atoms with van der Waals surface area (Å²) in [6.07, 6.45) is 0. The summed E-state index contributed by atoms with van der Waals surface area (Å²) in [5.41, 5.74) is 1.19. The van der Waals surface area contributed by atoms with Crippen molar-refractivity contribution in [1.82, 2.24) is 10.2 Å². The van der Waals surface area contributed by atoms with Crippen molar-refractivity contribution >= 4 is 11.3 Å². The van der Waals surface area contributed by atoms with Gasteiger partial charge < -0.3 is 19.5 Å². The highest BCUT2D eigenvalue weighted by Crippen LogP contribution is 2.45. The molecule has 1 aromatic carbocycles. The fraction of sp³-hybridized carbons (Fsp3) is 0.412. The second-order valence-corrected chi connectivity index (χ2v) is 6.64. The first-order valence-electron chi connectivity index (χ1n) is 7.82. The van der Waals surface area contributed by atoms with E-state index in [1.54, 1.807) is 18.4 Å². The summed E-state index contributed by atoms with van der Waals surface area (Å²) in [5.74, 6) is 2.23. The van der Waals surface area contributed by atoms with E-state index >= 15 is 0 Å². The Morgan fingerprint density at radius 1 is 1.26 bits per heavy atom. The maximum absolute atomic E-state index is 5.61. The van der Waals surface area contributed by atoms with Crippen LogP contribution in [0.3, 0.4) is 0 Å². The average Bonchev–Trinajstić information content (AvgIpc) is 3.27. The van der Waals surface area contributed by atoms with Crippen molar-refractivity contribution in [2.45, 2.75) is 6.04 Å². The molecule has 0 saturated carbocycles. The topological polar surface area (TPSA) is 43.0 Å². The molecule has 2 aromatic rings. The number of ether oxygens (including phenoxy) is 3. The Morgan fingerprint density at radius 2 is 2.13 bits per heavy atom. The molecule has 1 atom stereocenters. The summed E-state index contributed by atoms with van der Waals surface area (Å²) >= 11 is 1.79. The molecule has 5 nitrogen and oxygen atoms in total. The van der Waals surface area contributed by atoms with E-state index in [1.807, 2.05) is 0 Å². The van der Waals surface area contributed by atoms with Crippen molar-refractivity contribution in [3.8, 4) is 17.2 Å². The summed E-state index contributed by atoms with van der Waals surface area (Å²) in [7, 11) is 1.67. The number of benzene rings is 1. The van der Waals surface area contributed by atoms with Gasteiger partial charge in [-0.15, -0.1) is 11.3 Å². The lowest BCUT2D eigenvalue weighted by molar-refractivity contribution is 0.171. The van der Waals surface area contributed by atoms with Crippen LogP contribution in [0.15, 0.2) is 29.6 Å². The lowest BCUT2D eigenvalue weighted by Crippen LogP contribution is -2.45. The van der Waals surface area contributed by atoms with Crippen LogP contribution >= 0.6 is 11.3 Å². The summed E-state index contributed by atoms with van der Waals surface area (Å²) in [4.78, 5) is 3.85. The van der Waals surface area contributed by atoms with Crippen LogP contribution in [0, 0.1) is 0 Å². The molecule has 1 N–H and O–H groups in total. The van der Waals surface area contributed by atoms with Gasteiger partial charge in [-0.3, -0.25) is 4.90 Å². The van der Waals surface area contributed by atoms with Crippen LogP contribution in [0.1, 0.15) is 16.5 Å². The highest BCUT2D eigenvalue weighted by molar-refractivity contribution is 7.10. The SMILES string of the molecule is COc1cc([C@@H](c2cccs2)N2CCNCC2)cc2c1OCO2. The minimum atomic E-state index is 0.223. The van der Waals surface area contributed by atoms with Gasteiger partial charge in [0, 0.05) is 31.1 Å². The molecule has 0 bridgehead atoms. The number of fused-ring (bicyclic) bond motifs is 1. The highest BCUT2D eigenvalue weighted by Gasteiger charge is 2.28. The lowest BCUT2D eigenvalue weighted by Gasteiger charge is -2.35. The molecule has 122 valence electrons. The van der Waals surface area contributed by atoms with Crippen molar-refractivity contribution < 1.29 is 14.2 Å². The normalized spacial score (nSPS) is 18.8. The smallest absolute Gasteiger partial charge is 0.231 e. The number of thiophene rings is 1. The number of rotatable bonds is 4. The first-order valence-corrected chi connectivity index (χ1v) is 8.70. The molecule has 2 aliphatic heterocycles. The van der Waals surface area contributed by atoms with Gasteiger partial charge in [0.1, 0.15) is 0 Å². The molecule has 1 aromatic heterocycles. The molecule has 0 spiro atoms. The fourth-order valence-corrected chi connectivity index (χ4v) is 4.14. The van der Waals surface area contributed by atoms with Crippen molar-refractivity contribution in [2.24, 2.45) is 0 Å². The molecule has 0 aliphatic carbocycles. The molecule has 0 unspecified atom stereocenters. The third-order valence-corrected chi connectivity index (χ3v) is 5.25. The van der Waals surface area contributed by atoms with E-state index in [9.17, 15) is 0 Å². The molecule has 1 saturated heterocycles. The predicted molar refractivity (Wildman–Crippen MR) is 89.7 cm³/mol. The molecule has 3 heterocycles. The largest absolute Gasteiger partial charge is 0.493 e. The summed E-state index contributed by atoms with van der Waals surface area (Å²) in [6.45, 7) is 4.35. The van der Waals surface area contributed by atoms with E-state index < -0.39 is 0 Å². The third-order valence-electron chi connectivity index (χ3n) is 4.33. The Hall–Kier alpha value is -1.76. The molecular formula is C17H20N2O3S. The second kappa shape index (κ2) is 6.39. The average molecular weight is 332 g/mol. The van der Waals surface area contributed by atoms with Crippen molar-refractivity contribution in [3.05, 3.63) is 40.1 Å². The quantitative estimate of drug-likeness (QED) is 0.932. The summed E-state index contributed by atoms with van der Waals surface area (Å²) in [6, 6.07) is 8.71. The van der Waals surface area contributed by atoms with Gasteiger partial charge in [0.2, 0.25) is 12.5 Å². The first-order chi connectivity index (χ1) is 11.4. The Morgan fingerprint density at radius 3 is 2.87 bits per heavy atom. The number of nitrogens with zero attached hydrogens (tertiary/aromatic N) is 1. The minimum absolute atomic E-state index is 0.223.